The van der Waals surface area contributed by atoms with E-state index in [1.54, 1.807) is 0 Å². The second-order valence-electron chi connectivity index (χ2n) is 6.90. The zero-order chi connectivity index (χ0) is 12.3. The van der Waals surface area contributed by atoms with Crippen molar-refractivity contribution in [2.45, 2.75) is 50.5 Å². The van der Waals surface area contributed by atoms with E-state index < -0.39 is 0 Å². The molecule has 98 valence electrons. The zero-order valence-corrected chi connectivity index (χ0v) is 10.7. The van der Waals surface area contributed by atoms with E-state index in [0.717, 1.165) is 17.8 Å². The summed E-state index contributed by atoms with van der Waals surface area (Å²) in [5, 5.41) is 2.50. The van der Waals surface area contributed by atoms with Gasteiger partial charge >= 0.3 is 6.03 Å². The van der Waals surface area contributed by atoms with E-state index in [2.05, 4.69) is 5.32 Å². The van der Waals surface area contributed by atoms with Crippen LogP contribution in [0.25, 0.3) is 0 Å². The molecule has 0 aromatic heterocycles. The van der Waals surface area contributed by atoms with Crippen LogP contribution in [-0.4, -0.2) is 28.9 Å². The maximum Gasteiger partial charge on any atom is 0.324 e. The van der Waals surface area contributed by atoms with Gasteiger partial charge in [0.05, 0.1) is 0 Å². The van der Waals surface area contributed by atoms with Crippen molar-refractivity contribution in [1.29, 1.82) is 0 Å². The molecular weight excluding hydrogens is 228 g/mol. The van der Waals surface area contributed by atoms with E-state index in [9.17, 15) is 9.59 Å². The molecule has 3 amide bonds. The van der Waals surface area contributed by atoms with Gasteiger partial charge in [0.2, 0.25) is 5.91 Å². The minimum Gasteiger partial charge on any atom is -0.318 e. The summed E-state index contributed by atoms with van der Waals surface area (Å²) in [5.41, 5.74) is 0.0968. The number of nitrogens with zero attached hydrogens (tertiary/aromatic N) is 1. The highest BCUT2D eigenvalue weighted by Gasteiger charge is 2.55. The Hall–Kier alpha value is -1.06. The highest BCUT2D eigenvalue weighted by Crippen LogP contribution is 2.57. The van der Waals surface area contributed by atoms with Gasteiger partial charge < -0.3 is 4.90 Å². The van der Waals surface area contributed by atoms with E-state index in [0.29, 0.717) is 13.0 Å². The van der Waals surface area contributed by atoms with Crippen LogP contribution in [0, 0.1) is 17.8 Å². The minimum atomic E-state index is -0.131. The van der Waals surface area contributed by atoms with Crippen LogP contribution >= 0.6 is 0 Å². The van der Waals surface area contributed by atoms with Crippen molar-refractivity contribution in [1.82, 2.24) is 10.2 Å². The molecule has 1 saturated heterocycles. The van der Waals surface area contributed by atoms with Gasteiger partial charge in [-0.3, -0.25) is 10.1 Å². The average molecular weight is 248 g/mol. The third kappa shape index (κ3) is 1.44. The van der Waals surface area contributed by atoms with Gasteiger partial charge in [-0.2, -0.15) is 0 Å². The molecule has 5 rings (SSSR count). The monoisotopic (exact) mass is 248 g/mol. The lowest BCUT2D eigenvalue weighted by atomic mass is 9.52. The second-order valence-corrected chi connectivity index (χ2v) is 6.90. The van der Waals surface area contributed by atoms with Crippen molar-refractivity contribution in [3.8, 4) is 0 Å². The summed E-state index contributed by atoms with van der Waals surface area (Å²) >= 11 is 0. The summed E-state index contributed by atoms with van der Waals surface area (Å²) in [6.07, 6.45) is 8.17. The molecule has 0 atom stereocenters. The molecule has 0 unspecified atom stereocenters. The standard InChI is InChI=1S/C14H20N2O2/c17-12-1-2-16(13(18)15-12)14-6-9-3-10(7-14)5-11(4-9)8-14/h9-11H,1-8H2,(H,15,17,18). The zero-order valence-electron chi connectivity index (χ0n) is 10.7. The van der Waals surface area contributed by atoms with Gasteiger partial charge in [0.15, 0.2) is 0 Å². The van der Waals surface area contributed by atoms with Gasteiger partial charge in [-0.1, -0.05) is 0 Å². The maximum absolute atomic E-state index is 12.1. The SMILES string of the molecule is O=C1CCN(C23CC4CC(CC(C4)C2)C3)C(=O)N1. The summed E-state index contributed by atoms with van der Waals surface area (Å²) in [7, 11) is 0. The molecule has 18 heavy (non-hydrogen) atoms. The van der Waals surface area contributed by atoms with Gasteiger partial charge in [0.1, 0.15) is 0 Å². The molecule has 4 heteroatoms. The Bertz CT molecular complexity index is 383. The fourth-order valence-corrected chi connectivity index (χ4v) is 5.41. The molecule has 5 aliphatic rings. The lowest BCUT2D eigenvalue weighted by Crippen LogP contribution is -2.65. The largest absolute Gasteiger partial charge is 0.324 e. The molecule has 0 spiro atoms. The van der Waals surface area contributed by atoms with Crippen LogP contribution in [-0.2, 0) is 4.79 Å². The van der Waals surface area contributed by atoms with Crippen LogP contribution in [0.2, 0.25) is 0 Å². The Morgan fingerprint density at radius 3 is 2.06 bits per heavy atom. The fraction of sp³-hybridized carbons (Fsp3) is 0.857. The van der Waals surface area contributed by atoms with Gasteiger partial charge in [0.25, 0.3) is 0 Å². The average Bonchev–Trinajstić information content (AvgIpc) is 2.26. The van der Waals surface area contributed by atoms with Crippen LogP contribution in [0.4, 0.5) is 4.79 Å². The van der Waals surface area contributed by atoms with Crippen molar-refractivity contribution in [3.63, 3.8) is 0 Å². The fourth-order valence-electron chi connectivity index (χ4n) is 5.41. The number of urea groups is 1. The van der Waals surface area contributed by atoms with Crippen LogP contribution in [0.15, 0.2) is 0 Å². The highest BCUT2D eigenvalue weighted by atomic mass is 16.2. The number of amides is 3. The summed E-state index contributed by atoms with van der Waals surface area (Å²) in [4.78, 5) is 25.4. The van der Waals surface area contributed by atoms with Gasteiger partial charge in [-0.25, -0.2) is 4.79 Å². The predicted octanol–water partition coefficient (Wildman–Crippen LogP) is 1.90. The topological polar surface area (TPSA) is 49.4 Å². The van der Waals surface area contributed by atoms with Crippen LogP contribution in [0.5, 0.6) is 0 Å². The minimum absolute atomic E-state index is 0.0968. The lowest BCUT2D eigenvalue weighted by Gasteiger charge is -2.60. The van der Waals surface area contributed by atoms with E-state index in [1.165, 1.54) is 38.5 Å². The van der Waals surface area contributed by atoms with Crippen LogP contribution in [0.3, 0.4) is 0 Å². The molecule has 1 heterocycles. The van der Waals surface area contributed by atoms with Crippen molar-refractivity contribution in [2.24, 2.45) is 17.8 Å². The van der Waals surface area contributed by atoms with E-state index in [4.69, 9.17) is 0 Å². The Morgan fingerprint density at radius 2 is 1.56 bits per heavy atom. The molecule has 4 nitrogen and oxygen atoms in total. The van der Waals surface area contributed by atoms with Crippen molar-refractivity contribution in [2.75, 3.05) is 6.54 Å². The third-order valence-corrected chi connectivity index (χ3v) is 5.63. The number of carbonyl (C=O) groups excluding carboxylic acids is 2. The summed E-state index contributed by atoms with van der Waals surface area (Å²) in [6, 6.07) is -0.131. The van der Waals surface area contributed by atoms with Gasteiger partial charge in [-0.15, -0.1) is 0 Å². The molecule has 1 aliphatic heterocycles. The van der Waals surface area contributed by atoms with Crippen molar-refractivity contribution < 1.29 is 9.59 Å². The first-order valence-electron chi connectivity index (χ1n) is 7.26. The summed E-state index contributed by atoms with van der Waals surface area (Å²) in [6.45, 7) is 0.636. The molecule has 1 N–H and O–H groups in total. The van der Waals surface area contributed by atoms with E-state index in [-0.39, 0.29) is 17.5 Å². The second kappa shape index (κ2) is 3.49. The first kappa shape index (κ1) is 10.8. The van der Waals surface area contributed by atoms with Crippen LogP contribution < -0.4 is 5.32 Å². The first-order valence-corrected chi connectivity index (χ1v) is 7.26. The maximum atomic E-state index is 12.1. The highest BCUT2D eigenvalue weighted by molar-refractivity contribution is 5.97. The molecule has 4 aliphatic carbocycles. The molecular formula is C14H20N2O2. The Balaban J connectivity index is 1.63. The molecule has 0 aromatic carbocycles. The van der Waals surface area contributed by atoms with Crippen LogP contribution in [0.1, 0.15) is 44.9 Å². The van der Waals surface area contributed by atoms with E-state index >= 15 is 0 Å². The predicted molar refractivity (Wildman–Crippen MR) is 65.8 cm³/mol. The number of hydrogen-bond donors (Lipinski definition) is 1. The number of nitrogens with one attached hydrogen (secondary N) is 1. The summed E-state index contributed by atoms with van der Waals surface area (Å²) in [5.74, 6) is 2.39. The number of rotatable bonds is 1. The number of carbonyl (C=O) groups is 2. The van der Waals surface area contributed by atoms with Gasteiger partial charge in [-0.05, 0) is 56.3 Å². The third-order valence-electron chi connectivity index (χ3n) is 5.63. The van der Waals surface area contributed by atoms with Crippen molar-refractivity contribution >= 4 is 11.9 Å². The number of hydrogen-bond acceptors (Lipinski definition) is 2. The van der Waals surface area contributed by atoms with Crippen molar-refractivity contribution in [3.05, 3.63) is 0 Å². The number of imide groups is 1. The smallest absolute Gasteiger partial charge is 0.318 e. The lowest BCUT2D eigenvalue weighted by molar-refractivity contribution is -0.124. The Morgan fingerprint density at radius 1 is 1.00 bits per heavy atom. The Kier molecular flexibility index (Phi) is 2.10. The molecule has 4 saturated carbocycles. The Labute approximate surface area is 107 Å². The normalized spacial score (nSPS) is 46.4. The van der Waals surface area contributed by atoms with E-state index in [1.807, 2.05) is 4.90 Å². The van der Waals surface area contributed by atoms with Gasteiger partial charge in [0, 0.05) is 18.5 Å². The molecule has 0 aromatic rings. The first-order chi connectivity index (χ1) is 8.64. The molecule has 0 radical (unpaired) electrons. The molecule has 5 fully saturated rings. The quantitative estimate of drug-likeness (QED) is 0.770. The molecule has 4 bridgehead atoms. The summed E-state index contributed by atoms with van der Waals surface area (Å²) < 4.78 is 0.